The molecule has 0 unspecified atom stereocenters. The third-order valence-corrected chi connectivity index (χ3v) is 3.03. The minimum Gasteiger partial charge on any atom is -0.497 e. The summed E-state index contributed by atoms with van der Waals surface area (Å²) < 4.78 is 10.3. The van der Waals surface area contributed by atoms with E-state index in [9.17, 15) is 4.79 Å². The first-order valence-corrected chi connectivity index (χ1v) is 7.08. The molecule has 2 aromatic carbocycles. The van der Waals surface area contributed by atoms with Gasteiger partial charge in [-0.05, 0) is 36.8 Å². The highest BCUT2D eigenvalue weighted by Gasteiger charge is 2.14. The SMILES string of the molecule is CCOC(=O)/C(=C\Nc1ccccc1)c1cccc(OC)c1. The Balaban J connectivity index is 2.31. The van der Waals surface area contributed by atoms with Crippen LogP contribution in [0.4, 0.5) is 5.69 Å². The summed E-state index contributed by atoms with van der Waals surface area (Å²) in [5, 5.41) is 3.12. The van der Waals surface area contributed by atoms with Gasteiger partial charge in [0.15, 0.2) is 0 Å². The molecule has 2 rings (SSSR count). The molecule has 0 saturated heterocycles. The number of carbonyl (C=O) groups excluding carboxylic acids is 1. The number of methoxy groups -OCH3 is 1. The number of ether oxygens (including phenoxy) is 2. The van der Waals surface area contributed by atoms with Crippen LogP contribution in [0.25, 0.3) is 5.57 Å². The zero-order valence-corrected chi connectivity index (χ0v) is 12.7. The molecule has 0 aliphatic rings. The van der Waals surface area contributed by atoms with Gasteiger partial charge < -0.3 is 14.8 Å². The van der Waals surface area contributed by atoms with E-state index in [1.54, 1.807) is 26.3 Å². The fraction of sp³-hybridized carbons (Fsp3) is 0.167. The van der Waals surface area contributed by atoms with Crippen molar-refractivity contribution in [2.45, 2.75) is 6.92 Å². The van der Waals surface area contributed by atoms with E-state index in [1.807, 2.05) is 48.5 Å². The van der Waals surface area contributed by atoms with Crippen molar-refractivity contribution in [1.29, 1.82) is 0 Å². The van der Waals surface area contributed by atoms with Crippen LogP contribution in [0.3, 0.4) is 0 Å². The number of hydrogen-bond acceptors (Lipinski definition) is 4. The van der Waals surface area contributed by atoms with Crippen LogP contribution in [0, 0.1) is 0 Å². The predicted molar refractivity (Wildman–Crippen MR) is 87.7 cm³/mol. The maximum Gasteiger partial charge on any atom is 0.340 e. The summed E-state index contributed by atoms with van der Waals surface area (Å²) in [4.78, 5) is 12.2. The number of nitrogens with one attached hydrogen (secondary N) is 1. The van der Waals surface area contributed by atoms with Gasteiger partial charge in [0.25, 0.3) is 0 Å². The molecular formula is C18H19NO3. The van der Waals surface area contributed by atoms with Crippen molar-refractivity contribution in [1.82, 2.24) is 0 Å². The second kappa shape index (κ2) is 7.88. The van der Waals surface area contributed by atoms with E-state index >= 15 is 0 Å². The molecule has 0 aliphatic heterocycles. The van der Waals surface area contributed by atoms with Gasteiger partial charge in [-0.1, -0.05) is 30.3 Å². The molecule has 0 saturated carbocycles. The zero-order valence-electron chi connectivity index (χ0n) is 12.7. The largest absolute Gasteiger partial charge is 0.497 e. The molecule has 0 spiro atoms. The molecule has 0 aromatic heterocycles. The van der Waals surface area contributed by atoms with Crippen molar-refractivity contribution >= 4 is 17.2 Å². The molecule has 4 nitrogen and oxygen atoms in total. The third kappa shape index (κ3) is 4.12. The topological polar surface area (TPSA) is 47.6 Å². The minimum atomic E-state index is -0.376. The first-order chi connectivity index (χ1) is 10.7. The molecule has 0 bridgehead atoms. The van der Waals surface area contributed by atoms with Crippen molar-refractivity contribution < 1.29 is 14.3 Å². The summed E-state index contributed by atoms with van der Waals surface area (Å²) in [6.45, 7) is 2.11. The van der Waals surface area contributed by atoms with Crippen LogP contribution in [0.2, 0.25) is 0 Å². The highest BCUT2D eigenvalue weighted by atomic mass is 16.5. The Morgan fingerprint density at radius 1 is 1.14 bits per heavy atom. The van der Waals surface area contributed by atoms with Gasteiger partial charge in [0.1, 0.15) is 5.75 Å². The van der Waals surface area contributed by atoms with Gasteiger partial charge in [-0.2, -0.15) is 0 Å². The number of esters is 1. The second-order valence-corrected chi connectivity index (χ2v) is 4.52. The fourth-order valence-electron chi connectivity index (χ4n) is 1.95. The lowest BCUT2D eigenvalue weighted by Gasteiger charge is -2.10. The zero-order chi connectivity index (χ0) is 15.8. The lowest BCUT2D eigenvalue weighted by atomic mass is 10.1. The Morgan fingerprint density at radius 2 is 1.91 bits per heavy atom. The number of carbonyl (C=O) groups is 1. The van der Waals surface area contributed by atoms with Gasteiger partial charge in [0.05, 0.1) is 19.3 Å². The molecule has 0 heterocycles. The molecular weight excluding hydrogens is 278 g/mol. The van der Waals surface area contributed by atoms with Gasteiger partial charge in [-0.3, -0.25) is 0 Å². The van der Waals surface area contributed by atoms with E-state index in [-0.39, 0.29) is 5.97 Å². The van der Waals surface area contributed by atoms with Crippen molar-refractivity contribution in [2.75, 3.05) is 19.0 Å². The summed E-state index contributed by atoms with van der Waals surface area (Å²) in [7, 11) is 1.59. The van der Waals surface area contributed by atoms with Crippen molar-refractivity contribution in [3.63, 3.8) is 0 Å². The van der Waals surface area contributed by atoms with E-state index in [1.165, 1.54) is 0 Å². The van der Waals surface area contributed by atoms with Crippen LogP contribution in [-0.4, -0.2) is 19.7 Å². The Bertz CT molecular complexity index is 650. The van der Waals surface area contributed by atoms with Gasteiger partial charge in [-0.15, -0.1) is 0 Å². The first kappa shape index (κ1) is 15.6. The number of rotatable bonds is 6. The van der Waals surface area contributed by atoms with Crippen molar-refractivity contribution in [2.24, 2.45) is 0 Å². The maximum atomic E-state index is 12.2. The highest BCUT2D eigenvalue weighted by molar-refractivity contribution is 6.16. The third-order valence-electron chi connectivity index (χ3n) is 3.03. The molecule has 22 heavy (non-hydrogen) atoms. The molecule has 0 fully saturated rings. The lowest BCUT2D eigenvalue weighted by Crippen LogP contribution is -2.08. The summed E-state index contributed by atoms with van der Waals surface area (Å²) in [5.74, 6) is 0.312. The van der Waals surface area contributed by atoms with Gasteiger partial charge >= 0.3 is 5.97 Å². The summed E-state index contributed by atoms with van der Waals surface area (Å²) in [6.07, 6.45) is 1.65. The minimum absolute atomic E-state index is 0.325. The number of anilines is 1. The fourth-order valence-corrected chi connectivity index (χ4v) is 1.95. The Labute approximate surface area is 130 Å². The quantitative estimate of drug-likeness (QED) is 0.652. The average Bonchev–Trinajstić information content (AvgIpc) is 2.56. The van der Waals surface area contributed by atoms with E-state index < -0.39 is 0 Å². The van der Waals surface area contributed by atoms with Crippen LogP contribution in [0.1, 0.15) is 12.5 Å². The second-order valence-electron chi connectivity index (χ2n) is 4.52. The van der Waals surface area contributed by atoms with Crippen LogP contribution >= 0.6 is 0 Å². The van der Waals surface area contributed by atoms with Gasteiger partial charge in [-0.25, -0.2) is 4.79 Å². The Hall–Kier alpha value is -2.75. The van der Waals surface area contributed by atoms with E-state index in [0.29, 0.717) is 17.9 Å². The summed E-state index contributed by atoms with van der Waals surface area (Å²) in [6, 6.07) is 16.9. The standard InChI is InChI=1S/C18H19NO3/c1-3-22-18(20)17(13-19-15-9-5-4-6-10-15)14-8-7-11-16(12-14)21-2/h4-13,19H,3H2,1-2H3/b17-13-. The molecule has 114 valence electrons. The smallest absolute Gasteiger partial charge is 0.340 e. The summed E-state index contributed by atoms with van der Waals surface area (Å²) in [5.41, 5.74) is 2.08. The average molecular weight is 297 g/mol. The van der Waals surface area contributed by atoms with Crippen LogP contribution in [-0.2, 0) is 9.53 Å². The van der Waals surface area contributed by atoms with Gasteiger partial charge in [0.2, 0.25) is 0 Å². The normalized spacial score (nSPS) is 10.9. The molecule has 0 amide bonds. The van der Waals surface area contributed by atoms with Gasteiger partial charge in [0, 0.05) is 11.9 Å². The van der Waals surface area contributed by atoms with E-state index in [0.717, 1.165) is 11.3 Å². The van der Waals surface area contributed by atoms with Crippen molar-refractivity contribution in [3.8, 4) is 5.75 Å². The van der Waals surface area contributed by atoms with E-state index in [2.05, 4.69) is 5.32 Å². The first-order valence-electron chi connectivity index (χ1n) is 7.08. The molecule has 0 radical (unpaired) electrons. The summed E-state index contributed by atoms with van der Waals surface area (Å²) >= 11 is 0. The van der Waals surface area contributed by atoms with Crippen LogP contribution in [0.5, 0.6) is 5.75 Å². The molecule has 1 N–H and O–H groups in total. The molecule has 0 aliphatic carbocycles. The monoisotopic (exact) mass is 297 g/mol. The maximum absolute atomic E-state index is 12.2. The highest BCUT2D eigenvalue weighted by Crippen LogP contribution is 2.21. The van der Waals surface area contributed by atoms with Crippen LogP contribution in [0.15, 0.2) is 60.8 Å². The molecule has 0 atom stereocenters. The Morgan fingerprint density at radius 3 is 2.59 bits per heavy atom. The lowest BCUT2D eigenvalue weighted by molar-refractivity contribution is -0.136. The number of para-hydroxylation sites is 1. The number of benzene rings is 2. The van der Waals surface area contributed by atoms with Crippen molar-refractivity contribution in [3.05, 3.63) is 66.4 Å². The predicted octanol–water partition coefficient (Wildman–Crippen LogP) is 3.71. The van der Waals surface area contributed by atoms with E-state index in [4.69, 9.17) is 9.47 Å². The molecule has 4 heteroatoms. The van der Waals surface area contributed by atoms with Crippen LogP contribution < -0.4 is 10.1 Å². The molecule has 2 aromatic rings. The Kier molecular flexibility index (Phi) is 5.60. The number of hydrogen-bond donors (Lipinski definition) is 1.